The summed E-state index contributed by atoms with van der Waals surface area (Å²) in [4.78, 5) is 17.7. The van der Waals surface area contributed by atoms with Crippen LogP contribution in [-0.2, 0) is 17.4 Å². The van der Waals surface area contributed by atoms with Gasteiger partial charge in [0.15, 0.2) is 5.69 Å². The predicted octanol–water partition coefficient (Wildman–Crippen LogP) is 6.02. The molecule has 0 saturated carbocycles. The Hall–Kier alpha value is -3.99. The van der Waals surface area contributed by atoms with Crippen LogP contribution in [0, 0.1) is 6.57 Å². The number of halogens is 3. The Morgan fingerprint density at radius 1 is 1.06 bits per heavy atom. The molecule has 1 heterocycles. The number of alkyl halides is 3. The highest BCUT2D eigenvalue weighted by atomic mass is 19.4. The van der Waals surface area contributed by atoms with Crippen LogP contribution >= 0.6 is 0 Å². The number of hydrogen-bond donors (Lipinski definition) is 0. The van der Waals surface area contributed by atoms with E-state index in [1.54, 1.807) is 42.5 Å². The maximum absolute atomic E-state index is 13.0. The number of benzene rings is 3. The van der Waals surface area contributed by atoms with Gasteiger partial charge in [0.2, 0.25) is 5.91 Å². The first kappa shape index (κ1) is 21.2. The van der Waals surface area contributed by atoms with Gasteiger partial charge in [0.25, 0.3) is 0 Å². The summed E-state index contributed by atoms with van der Waals surface area (Å²) in [5.41, 5.74) is 0.544. The topological polar surface area (TPSA) is 43.1 Å². The van der Waals surface area contributed by atoms with Gasteiger partial charge in [-0.1, -0.05) is 30.3 Å². The van der Waals surface area contributed by atoms with Gasteiger partial charge in [-0.2, -0.15) is 13.2 Å². The smallest absolute Gasteiger partial charge is 0.416 e. The molecule has 1 aliphatic heterocycles. The van der Waals surface area contributed by atoms with Crippen LogP contribution in [-0.4, -0.2) is 19.1 Å². The average Bonchev–Trinajstić information content (AvgIpc) is 2.78. The lowest BCUT2D eigenvalue weighted by Gasteiger charge is -2.30. The number of nitrogens with zero attached hydrogens (tertiary/aromatic N) is 2. The van der Waals surface area contributed by atoms with E-state index in [0.29, 0.717) is 40.7 Å². The zero-order valence-electron chi connectivity index (χ0n) is 16.7. The molecule has 1 amide bonds. The minimum Gasteiger partial charge on any atom is -0.489 e. The minimum absolute atomic E-state index is 0.158. The molecule has 5 nitrogen and oxygen atoms in total. The van der Waals surface area contributed by atoms with Crippen molar-refractivity contribution in [1.82, 2.24) is 0 Å². The zero-order valence-corrected chi connectivity index (χ0v) is 16.7. The molecule has 162 valence electrons. The van der Waals surface area contributed by atoms with E-state index in [0.717, 1.165) is 12.1 Å². The van der Waals surface area contributed by atoms with Crippen LogP contribution < -0.4 is 14.4 Å². The van der Waals surface area contributed by atoms with Crippen molar-refractivity contribution in [2.24, 2.45) is 0 Å². The molecule has 32 heavy (non-hydrogen) atoms. The Morgan fingerprint density at radius 2 is 1.81 bits per heavy atom. The van der Waals surface area contributed by atoms with Crippen molar-refractivity contribution in [3.05, 3.63) is 89.3 Å². The molecule has 0 atom stereocenters. The molecule has 0 aliphatic carbocycles. The van der Waals surface area contributed by atoms with Crippen LogP contribution in [0.5, 0.6) is 17.2 Å². The monoisotopic (exact) mass is 438 g/mol. The second-order valence-corrected chi connectivity index (χ2v) is 7.11. The molecule has 3 aromatic carbocycles. The number of rotatable bonds is 4. The summed E-state index contributed by atoms with van der Waals surface area (Å²) < 4.78 is 50.3. The summed E-state index contributed by atoms with van der Waals surface area (Å²) in [5, 5.41) is 0. The fourth-order valence-electron chi connectivity index (χ4n) is 3.38. The molecule has 0 bridgehead atoms. The first-order valence-corrected chi connectivity index (χ1v) is 9.72. The lowest BCUT2D eigenvalue weighted by molar-refractivity contribution is -0.137. The van der Waals surface area contributed by atoms with E-state index in [4.69, 9.17) is 16.0 Å². The Kier molecular flexibility index (Phi) is 5.73. The Bertz CT molecular complexity index is 1180. The van der Waals surface area contributed by atoms with E-state index in [9.17, 15) is 18.0 Å². The summed E-state index contributed by atoms with van der Waals surface area (Å²) in [6, 6.07) is 16.4. The van der Waals surface area contributed by atoms with Crippen LogP contribution in [0.4, 0.5) is 24.5 Å². The largest absolute Gasteiger partial charge is 0.489 e. The van der Waals surface area contributed by atoms with Crippen LogP contribution in [0.25, 0.3) is 4.85 Å². The number of carbonyl (C=O) groups excluding carboxylic acids is 1. The van der Waals surface area contributed by atoms with Crippen LogP contribution in [0.15, 0.2) is 66.7 Å². The lowest BCUT2D eigenvalue weighted by atomic mass is 10.1. The summed E-state index contributed by atoms with van der Waals surface area (Å²) in [5.74, 6) is 1.17. The van der Waals surface area contributed by atoms with Crippen molar-refractivity contribution in [3.8, 4) is 17.2 Å². The predicted molar refractivity (Wildman–Crippen MR) is 112 cm³/mol. The molecule has 0 aromatic heterocycles. The number of hydrogen-bond acceptors (Lipinski definition) is 3. The van der Waals surface area contributed by atoms with Crippen LogP contribution in [0.3, 0.4) is 0 Å². The molecular formula is C24H17F3N2O3. The number of fused-ring (bicyclic) bond motifs is 1. The minimum atomic E-state index is -4.46. The van der Waals surface area contributed by atoms with Gasteiger partial charge in [-0.15, -0.1) is 0 Å². The maximum Gasteiger partial charge on any atom is 0.416 e. The zero-order chi connectivity index (χ0) is 22.7. The highest BCUT2D eigenvalue weighted by molar-refractivity contribution is 5.96. The van der Waals surface area contributed by atoms with E-state index < -0.39 is 11.7 Å². The van der Waals surface area contributed by atoms with E-state index >= 15 is 0 Å². The van der Waals surface area contributed by atoms with E-state index in [1.807, 2.05) is 0 Å². The summed E-state index contributed by atoms with van der Waals surface area (Å²) >= 11 is 0. The van der Waals surface area contributed by atoms with Gasteiger partial charge < -0.3 is 14.4 Å². The second kappa shape index (κ2) is 8.63. The lowest BCUT2D eigenvalue weighted by Crippen LogP contribution is -2.38. The van der Waals surface area contributed by atoms with Crippen molar-refractivity contribution in [2.45, 2.75) is 12.6 Å². The summed E-state index contributed by atoms with van der Waals surface area (Å²) in [6.07, 6.45) is -4.62. The average molecular weight is 438 g/mol. The highest BCUT2D eigenvalue weighted by Gasteiger charge is 2.31. The number of carbonyl (C=O) groups is 1. The fraction of sp³-hybridized carbons (Fsp3) is 0.167. The van der Waals surface area contributed by atoms with Crippen molar-refractivity contribution >= 4 is 17.3 Å². The normalized spacial score (nSPS) is 13.0. The highest BCUT2D eigenvalue weighted by Crippen LogP contribution is 2.37. The van der Waals surface area contributed by atoms with Gasteiger partial charge >= 0.3 is 6.18 Å². The second-order valence-electron chi connectivity index (χ2n) is 7.11. The Morgan fingerprint density at radius 3 is 2.53 bits per heavy atom. The molecule has 3 aromatic rings. The quantitative estimate of drug-likeness (QED) is 0.468. The molecule has 0 radical (unpaired) electrons. The van der Waals surface area contributed by atoms with E-state index in [2.05, 4.69) is 4.85 Å². The molecular weight excluding hydrogens is 421 g/mol. The number of amides is 1. The molecule has 0 N–H and O–H groups in total. The number of ether oxygens (including phenoxy) is 2. The SMILES string of the molecule is [C-]#[N+]c1ccc(Oc2ccc3c(c2)OCCN3C(=O)Cc2cccc(C(F)(F)F)c2)cc1. The maximum atomic E-state index is 13.0. The number of anilines is 1. The van der Waals surface area contributed by atoms with Crippen LogP contribution in [0.2, 0.25) is 0 Å². The first-order valence-electron chi connectivity index (χ1n) is 9.72. The fourth-order valence-corrected chi connectivity index (χ4v) is 3.38. The third-order valence-electron chi connectivity index (χ3n) is 4.91. The van der Waals surface area contributed by atoms with Gasteiger partial charge in [-0.05, 0) is 35.9 Å². The van der Waals surface area contributed by atoms with Gasteiger partial charge in [0.05, 0.1) is 30.8 Å². The molecule has 0 spiro atoms. The molecule has 1 aliphatic rings. The van der Waals surface area contributed by atoms with Crippen molar-refractivity contribution < 1.29 is 27.4 Å². The summed E-state index contributed by atoms with van der Waals surface area (Å²) in [6.45, 7) is 7.54. The molecule has 4 rings (SSSR count). The van der Waals surface area contributed by atoms with Gasteiger partial charge in [0.1, 0.15) is 23.9 Å². The van der Waals surface area contributed by atoms with Gasteiger partial charge in [0, 0.05) is 6.07 Å². The Labute approximate surface area is 182 Å². The van der Waals surface area contributed by atoms with Crippen molar-refractivity contribution in [1.29, 1.82) is 0 Å². The molecule has 0 fully saturated rings. The van der Waals surface area contributed by atoms with Crippen LogP contribution in [0.1, 0.15) is 11.1 Å². The standard InChI is InChI=1S/C24H17F3N2O3/c1-28-18-5-7-19(8-6-18)32-20-9-10-21-22(15-20)31-12-11-29(21)23(30)14-16-3-2-4-17(13-16)24(25,26)27/h2-10,13,15H,11-12,14H2. The van der Waals surface area contributed by atoms with Crippen molar-refractivity contribution in [3.63, 3.8) is 0 Å². The molecule has 8 heteroatoms. The van der Waals surface area contributed by atoms with Gasteiger partial charge in [-0.3, -0.25) is 4.79 Å². The molecule has 0 saturated heterocycles. The summed E-state index contributed by atoms with van der Waals surface area (Å²) in [7, 11) is 0. The third-order valence-corrected chi connectivity index (χ3v) is 4.91. The van der Waals surface area contributed by atoms with Gasteiger partial charge in [-0.25, -0.2) is 4.85 Å². The molecule has 0 unspecified atom stereocenters. The first-order chi connectivity index (χ1) is 15.3. The van der Waals surface area contributed by atoms with Crippen molar-refractivity contribution in [2.75, 3.05) is 18.1 Å². The van der Waals surface area contributed by atoms with E-state index in [1.165, 1.54) is 17.0 Å². The van der Waals surface area contributed by atoms with E-state index in [-0.39, 0.29) is 18.9 Å². The Balaban J connectivity index is 1.51. The third kappa shape index (κ3) is 4.67.